The lowest BCUT2D eigenvalue weighted by atomic mass is 9.98. The molecule has 7 nitrogen and oxygen atoms in total. The number of hydrogen-bond acceptors (Lipinski definition) is 6. The number of aliphatic imine (C=N–C) groups is 1. The fraction of sp³-hybridized carbons (Fsp3) is 0.409. The van der Waals surface area contributed by atoms with E-state index in [0.717, 1.165) is 29.1 Å². The lowest BCUT2D eigenvalue weighted by Gasteiger charge is -2.19. The average molecular weight is 446 g/mol. The number of oxime groups is 1. The van der Waals surface area contributed by atoms with E-state index >= 15 is 0 Å². The number of nitrogens with one attached hydrogen (secondary N) is 1. The van der Waals surface area contributed by atoms with Crippen molar-refractivity contribution in [3.05, 3.63) is 58.0 Å². The van der Waals surface area contributed by atoms with Crippen LogP contribution < -0.4 is 5.32 Å². The molecule has 31 heavy (non-hydrogen) atoms. The van der Waals surface area contributed by atoms with E-state index in [1.807, 2.05) is 0 Å². The van der Waals surface area contributed by atoms with Crippen LogP contribution in [0.4, 0.5) is 10.2 Å². The lowest BCUT2D eigenvalue weighted by molar-refractivity contribution is 0.193. The van der Waals surface area contributed by atoms with Crippen molar-refractivity contribution in [1.29, 1.82) is 0 Å². The number of anilines is 1. The molecule has 1 aromatic carbocycles. The summed E-state index contributed by atoms with van der Waals surface area (Å²) in [6.07, 6.45) is 4.90. The van der Waals surface area contributed by atoms with Gasteiger partial charge in [-0.05, 0) is 36.6 Å². The van der Waals surface area contributed by atoms with Gasteiger partial charge in [-0.2, -0.15) is 0 Å². The van der Waals surface area contributed by atoms with E-state index in [9.17, 15) is 14.7 Å². The van der Waals surface area contributed by atoms with Crippen LogP contribution in [0.2, 0.25) is 5.02 Å². The van der Waals surface area contributed by atoms with Crippen molar-refractivity contribution in [2.24, 2.45) is 10.1 Å². The summed E-state index contributed by atoms with van der Waals surface area (Å²) in [5.74, 6) is 1.03. The number of nitrogens with zero attached hydrogens (tertiary/aromatic N) is 4. The molecule has 1 aromatic heterocycles. The van der Waals surface area contributed by atoms with Gasteiger partial charge in [-0.3, -0.25) is 9.89 Å². The second-order valence-electron chi connectivity index (χ2n) is 7.78. The number of pyridine rings is 1. The number of amidine groups is 1. The van der Waals surface area contributed by atoms with E-state index in [-0.39, 0.29) is 11.6 Å². The number of halogens is 2. The normalized spacial score (nSPS) is 17.3. The van der Waals surface area contributed by atoms with Crippen molar-refractivity contribution in [2.75, 3.05) is 31.6 Å². The summed E-state index contributed by atoms with van der Waals surface area (Å²) in [6.45, 7) is 2.28. The molecule has 4 rings (SSSR count). The van der Waals surface area contributed by atoms with E-state index in [1.165, 1.54) is 25.0 Å². The fourth-order valence-corrected chi connectivity index (χ4v) is 4.08. The van der Waals surface area contributed by atoms with Gasteiger partial charge in [0.1, 0.15) is 17.5 Å². The van der Waals surface area contributed by atoms with Crippen molar-refractivity contribution in [2.45, 2.75) is 31.7 Å². The molecule has 2 aromatic rings. The van der Waals surface area contributed by atoms with Gasteiger partial charge in [0.25, 0.3) is 0 Å². The Morgan fingerprint density at radius 2 is 2.13 bits per heavy atom. The van der Waals surface area contributed by atoms with E-state index in [4.69, 9.17) is 11.6 Å². The fourth-order valence-electron chi connectivity index (χ4n) is 3.88. The highest BCUT2D eigenvalue weighted by atomic mass is 35.5. The van der Waals surface area contributed by atoms with Crippen LogP contribution in [0.3, 0.4) is 0 Å². The van der Waals surface area contributed by atoms with Crippen molar-refractivity contribution >= 4 is 29.0 Å². The zero-order valence-corrected chi connectivity index (χ0v) is 17.8. The van der Waals surface area contributed by atoms with Gasteiger partial charge in [0, 0.05) is 49.3 Å². The molecule has 1 saturated carbocycles. The topological polar surface area (TPSA) is 93.3 Å². The first-order valence-corrected chi connectivity index (χ1v) is 10.7. The monoisotopic (exact) mass is 445 g/mol. The molecule has 0 spiro atoms. The minimum absolute atomic E-state index is 0.0345. The van der Waals surface area contributed by atoms with Gasteiger partial charge >= 0.3 is 0 Å². The molecule has 3 N–H and O–H groups in total. The van der Waals surface area contributed by atoms with Crippen molar-refractivity contribution in [3.63, 3.8) is 0 Å². The number of benzene rings is 1. The molecule has 2 aliphatic rings. The summed E-state index contributed by atoms with van der Waals surface area (Å²) in [7, 11) is 0. The minimum atomic E-state index is -0.484. The first-order chi connectivity index (χ1) is 15.1. The first kappa shape index (κ1) is 21.7. The number of fused-ring (bicyclic) bond motifs is 1. The maximum absolute atomic E-state index is 13.4. The molecule has 0 unspecified atom stereocenters. The van der Waals surface area contributed by atoms with Crippen molar-refractivity contribution in [1.82, 2.24) is 9.88 Å². The number of aromatic nitrogens is 1. The predicted molar refractivity (Wildman–Crippen MR) is 119 cm³/mol. The summed E-state index contributed by atoms with van der Waals surface area (Å²) < 4.78 is 13.4. The molecule has 0 atom stereocenters. The zero-order valence-electron chi connectivity index (χ0n) is 17.1. The highest BCUT2D eigenvalue weighted by Crippen LogP contribution is 2.28. The molecule has 1 aliphatic carbocycles. The average Bonchev–Trinajstić information content (AvgIpc) is 3.52. The minimum Gasteiger partial charge on any atom is -0.411 e. The molecule has 1 aliphatic heterocycles. The maximum Gasteiger partial charge on any atom is 0.141 e. The van der Waals surface area contributed by atoms with Crippen LogP contribution in [-0.4, -0.2) is 64.0 Å². The third-order valence-corrected chi connectivity index (χ3v) is 5.88. The van der Waals surface area contributed by atoms with Gasteiger partial charge in [-0.15, -0.1) is 0 Å². The summed E-state index contributed by atoms with van der Waals surface area (Å²) >= 11 is 5.88. The molecule has 164 valence electrons. The highest BCUT2D eigenvalue weighted by Gasteiger charge is 2.28. The Bertz CT molecular complexity index is 1010. The van der Waals surface area contributed by atoms with Crippen LogP contribution in [0, 0.1) is 5.82 Å². The molecule has 2 heterocycles. The third-order valence-electron chi connectivity index (χ3n) is 5.59. The van der Waals surface area contributed by atoms with Gasteiger partial charge in [0.2, 0.25) is 0 Å². The quantitative estimate of drug-likeness (QED) is 0.313. The van der Waals surface area contributed by atoms with Crippen LogP contribution >= 0.6 is 11.6 Å². The SMILES string of the molecule is OCCN(CCN=C1Cc2c(/C(Cc3ccc(F)c(Cl)c3)=N/O)ccnc2N1)C1CC1. The Morgan fingerprint density at radius 1 is 1.29 bits per heavy atom. The first-order valence-electron chi connectivity index (χ1n) is 10.4. The third kappa shape index (κ3) is 5.20. The Hall–Kier alpha value is -2.55. The molecule has 0 radical (unpaired) electrons. The molecule has 0 bridgehead atoms. The lowest BCUT2D eigenvalue weighted by Crippen LogP contribution is -2.31. The van der Waals surface area contributed by atoms with E-state index in [1.54, 1.807) is 18.3 Å². The molecular weight excluding hydrogens is 421 g/mol. The zero-order chi connectivity index (χ0) is 21.8. The van der Waals surface area contributed by atoms with Gasteiger partial charge in [0.05, 0.1) is 23.9 Å². The van der Waals surface area contributed by atoms with Gasteiger partial charge in [-0.1, -0.05) is 22.8 Å². The summed E-state index contributed by atoms with van der Waals surface area (Å²) in [4.78, 5) is 11.3. The van der Waals surface area contributed by atoms with Crippen LogP contribution in [0.5, 0.6) is 0 Å². The summed E-state index contributed by atoms with van der Waals surface area (Å²) in [5, 5.41) is 25.7. The maximum atomic E-state index is 13.4. The summed E-state index contributed by atoms with van der Waals surface area (Å²) in [5.41, 5.74) is 2.88. The van der Waals surface area contributed by atoms with Gasteiger partial charge in [-0.25, -0.2) is 9.37 Å². The van der Waals surface area contributed by atoms with Crippen LogP contribution in [0.1, 0.15) is 29.5 Å². The highest BCUT2D eigenvalue weighted by molar-refractivity contribution is 6.30. The Balaban J connectivity index is 1.45. The standard InChI is InChI=1S/C22H25ClFN5O2/c23-18-11-14(1-4-19(18)24)12-20(28-31)16-5-6-26-22-17(16)13-21(27-22)25-7-8-29(9-10-30)15-2-3-15/h1,4-6,11,15,30-31H,2-3,7-10,12-13H2,(H,25,26,27)/b28-20+. The van der Waals surface area contributed by atoms with E-state index in [2.05, 4.69) is 25.3 Å². The Kier molecular flexibility index (Phi) is 6.80. The molecular formula is C22H25ClFN5O2. The van der Waals surface area contributed by atoms with E-state index < -0.39 is 5.82 Å². The molecule has 1 fully saturated rings. The second-order valence-corrected chi connectivity index (χ2v) is 8.19. The second kappa shape index (κ2) is 9.72. The van der Waals surface area contributed by atoms with Crippen LogP contribution in [0.25, 0.3) is 0 Å². The number of hydrogen-bond donors (Lipinski definition) is 3. The smallest absolute Gasteiger partial charge is 0.141 e. The molecule has 9 heteroatoms. The Morgan fingerprint density at radius 3 is 2.84 bits per heavy atom. The molecule has 0 saturated heterocycles. The number of rotatable bonds is 9. The van der Waals surface area contributed by atoms with Crippen LogP contribution in [-0.2, 0) is 12.8 Å². The largest absolute Gasteiger partial charge is 0.411 e. The summed E-state index contributed by atoms with van der Waals surface area (Å²) in [6, 6.07) is 6.85. The number of aliphatic hydroxyl groups excluding tert-OH is 1. The van der Waals surface area contributed by atoms with Crippen LogP contribution in [0.15, 0.2) is 40.6 Å². The predicted octanol–water partition coefficient (Wildman–Crippen LogP) is 3.12. The van der Waals surface area contributed by atoms with Crippen molar-refractivity contribution < 1.29 is 14.7 Å². The molecule has 0 amide bonds. The number of aliphatic hydroxyl groups is 1. The van der Waals surface area contributed by atoms with E-state index in [0.29, 0.717) is 43.5 Å². The Labute approximate surface area is 185 Å². The van der Waals surface area contributed by atoms with Gasteiger partial charge in [0.15, 0.2) is 0 Å². The van der Waals surface area contributed by atoms with Crippen molar-refractivity contribution in [3.8, 4) is 0 Å². The van der Waals surface area contributed by atoms with Gasteiger partial charge < -0.3 is 15.6 Å².